The molecule has 0 aromatic carbocycles. The largest absolute Gasteiger partial charge is 0.467 e. The molecule has 0 radical (unpaired) electrons. The van der Waals surface area contributed by atoms with Crippen LogP contribution in [0.4, 0.5) is 0 Å². The Kier molecular flexibility index (Phi) is 3.09. The molecule has 0 amide bonds. The smallest absolute Gasteiger partial charge is 0.125 e. The summed E-state index contributed by atoms with van der Waals surface area (Å²) in [5.74, 6) is 0.881. The fourth-order valence-electron chi connectivity index (χ4n) is 1.50. The number of nitrogens with one attached hydrogen (secondary N) is 1. The minimum Gasteiger partial charge on any atom is -0.467 e. The number of aromatic nitrogens is 2. The summed E-state index contributed by atoms with van der Waals surface area (Å²) in [6.07, 6.45) is 6.78. The van der Waals surface area contributed by atoms with Crippen molar-refractivity contribution >= 4 is 0 Å². The highest BCUT2D eigenvalue weighted by Gasteiger charge is 2.15. The zero-order valence-electron chi connectivity index (χ0n) is 8.55. The van der Waals surface area contributed by atoms with Gasteiger partial charge in [-0.2, -0.15) is 0 Å². The molecule has 0 saturated carbocycles. The third-order valence-electron chi connectivity index (χ3n) is 2.15. The summed E-state index contributed by atoms with van der Waals surface area (Å²) in [7, 11) is 0. The Labute approximate surface area is 88.4 Å². The van der Waals surface area contributed by atoms with E-state index in [4.69, 9.17) is 4.42 Å². The first-order valence-corrected chi connectivity index (χ1v) is 4.93. The number of hydrogen-bond donors (Lipinski definition) is 1. The topological polar surface area (TPSA) is 51.0 Å². The van der Waals surface area contributed by atoms with Crippen molar-refractivity contribution in [3.63, 3.8) is 0 Å². The third kappa shape index (κ3) is 2.22. The predicted octanol–water partition coefficient (Wildman–Crippen LogP) is 1.77. The fourth-order valence-corrected chi connectivity index (χ4v) is 1.50. The van der Waals surface area contributed by atoms with Crippen molar-refractivity contribution in [3.8, 4) is 0 Å². The standard InChI is InChI=1S/C11H13N3O/c1-2-14-11(10-4-3-5-15-10)9-6-12-8-13-7-9/h3-8,11,14H,2H2,1H3. The van der Waals surface area contributed by atoms with E-state index < -0.39 is 0 Å². The summed E-state index contributed by atoms with van der Waals surface area (Å²) in [5.41, 5.74) is 1.01. The molecule has 0 aliphatic rings. The average Bonchev–Trinajstić information content (AvgIpc) is 2.80. The van der Waals surface area contributed by atoms with Gasteiger partial charge in [0.1, 0.15) is 12.1 Å². The Bertz CT molecular complexity index is 385. The molecule has 0 fully saturated rings. The van der Waals surface area contributed by atoms with E-state index in [2.05, 4.69) is 22.2 Å². The van der Waals surface area contributed by atoms with Crippen LogP contribution in [0.2, 0.25) is 0 Å². The summed E-state index contributed by atoms with van der Waals surface area (Å²) >= 11 is 0. The number of hydrogen-bond acceptors (Lipinski definition) is 4. The van der Waals surface area contributed by atoms with E-state index in [0.717, 1.165) is 17.9 Å². The molecule has 4 nitrogen and oxygen atoms in total. The van der Waals surface area contributed by atoms with Crippen molar-refractivity contribution in [3.05, 3.63) is 48.4 Å². The maximum atomic E-state index is 5.38. The van der Waals surface area contributed by atoms with E-state index in [1.165, 1.54) is 6.33 Å². The lowest BCUT2D eigenvalue weighted by molar-refractivity contribution is 0.451. The van der Waals surface area contributed by atoms with Gasteiger partial charge >= 0.3 is 0 Å². The molecule has 2 aromatic heterocycles. The second kappa shape index (κ2) is 4.70. The molecular weight excluding hydrogens is 190 g/mol. The van der Waals surface area contributed by atoms with Gasteiger partial charge in [0, 0.05) is 18.0 Å². The highest BCUT2D eigenvalue weighted by atomic mass is 16.3. The van der Waals surface area contributed by atoms with E-state index in [-0.39, 0.29) is 6.04 Å². The van der Waals surface area contributed by atoms with Crippen LogP contribution in [0.15, 0.2) is 41.5 Å². The maximum absolute atomic E-state index is 5.38. The van der Waals surface area contributed by atoms with Gasteiger partial charge in [0.25, 0.3) is 0 Å². The molecule has 15 heavy (non-hydrogen) atoms. The van der Waals surface area contributed by atoms with Gasteiger partial charge in [-0.3, -0.25) is 0 Å². The van der Waals surface area contributed by atoms with Crippen molar-refractivity contribution in [2.75, 3.05) is 6.54 Å². The van der Waals surface area contributed by atoms with Crippen molar-refractivity contribution in [2.24, 2.45) is 0 Å². The van der Waals surface area contributed by atoms with Crippen molar-refractivity contribution in [1.29, 1.82) is 0 Å². The lowest BCUT2D eigenvalue weighted by atomic mass is 10.1. The van der Waals surface area contributed by atoms with Crippen LogP contribution in [-0.2, 0) is 0 Å². The van der Waals surface area contributed by atoms with Crippen molar-refractivity contribution in [2.45, 2.75) is 13.0 Å². The van der Waals surface area contributed by atoms with Crippen LogP contribution in [0.3, 0.4) is 0 Å². The number of rotatable bonds is 4. The van der Waals surface area contributed by atoms with Gasteiger partial charge in [0.15, 0.2) is 0 Å². The third-order valence-corrected chi connectivity index (χ3v) is 2.15. The predicted molar refractivity (Wildman–Crippen MR) is 56.3 cm³/mol. The first-order chi connectivity index (χ1) is 7.42. The molecule has 2 rings (SSSR count). The van der Waals surface area contributed by atoms with E-state index in [9.17, 15) is 0 Å². The van der Waals surface area contributed by atoms with Crippen LogP contribution in [0, 0.1) is 0 Å². The van der Waals surface area contributed by atoms with Crippen molar-refractivity contribution < 1.29 is 4.42 Å². The van der Waals surface area contributed by atoms with E-state index >= 15 is 0 Å². The minimum atomic E-state index is 0.0335. The quantitative estimate of drug-likeness (QED) is 0.822. The molecule has 0 saturated heterocycles. The zero-order chi connectivity index (χ0) is 10.5. The lowest BCUT2D eigenvalue weighted by Gasteiger charge is -2.14. The zero-order valence-corrected chi connectivity index (χ0v) is 8.55. The Balaban J connectivity index is 2.28. The van der Waals surface area contributed by atoms with Crippen LogP contribution in [0.1, 0.15) is 24.3 Å². The number of furan rings is 1. The highest BCUT2D eigenvalue weighted by Crippen LogP contribution is 2.20. The highest BCUT2D eigenvalue weighted by molar-refractivity contribution is 5.21. The molecule has 78 valence electrons. The fraction of sp³-hybridized carbons (Fsp3) is 0.273. The molecule has 0 aliphatic heterocycles. The Morgan fingerprint density at radius 1 is 1.40 bits per heavy atom. The second-order valence-corrected chi connectivity index (χ2v) is 3.18. The minimum absolute atomic E-state index is 0.0335. The molecule has 1 atom stereocenters. The molecular formula is C11H13N3O. The monoisotopic (exact) mass is 203 g/mol. The van der Waals surface area contributed by atoms with Crippen LogP contribution in [0.25, 0.3) is 0 Å². The van der Waals surface area contributed by atoms with Crippen molar-refractivity contribution in [1.82, 2.24) is 15.3 Å². The maximum Gasteiger partial charge on any atom is 0.125 e. The lowest BCUT2D eigenvalue weighted by Crippen LogP contribution is -2.21. The van der Waals surface area contributed by atoms with Gasteiger partial charge in [-0.15, -0.1) is 0 Å². The summed E-state index contributed by atoms with van der Waals surface area (Å²) in [6, 6.07) is 3.86. The summed E-state index contributed by atoms with van der Waals surface area (Å²) in [4.78, 5) is 8.01. The molecule has 0 spiro atoms. The van der Waals surface area contributed by atoms with Crippen LogP contribution in [0.5, 0.6) is 0 Å². The second-order valence-electron chi connectivity index (χ2n) is 3.18. The normalized spacial score (nSPS) is 12.6. The van der Waals surface area contributed by atoms with Gasteiger partial charge in [-0.1, -0.05) is 6.92 Å². The summed E-state index contributed by atoms with van der Waals surface area (Å²) < 4.78 is 5.38. The van der Waals surface area contributed by atoms with Crippen LogP contribution >= 0.6 is 0 Å². The Morgan fingerprint density at radius 3 is 2.80 bits per heavy atom. The molecule has 1 unspecified atom stereocenters. The van der Waals surface area contributed by atoms with Crippen LogP contribution in [-0.4, -0.2) is 16.5 Å². The van der Waals surface area contributed by atoms with E-state index in [0.29, 0.717) is 0 Å². The Morgan fingerprint density at radius 2 is 2.20 bits per heavy atom. The van der Waals surface area contributed by atoms with Gasteiger partial charge < -0.3 is 9.73 Å². The number of nitrogens with zero attached hydrogens (tertiary/aromatic N) is 2. The van der Waals surface area contributed by atoms with Crippen LogP contribution < -0.4 is 5.32 Å². The van der Waals surface area contributed by atoms with Gasteiger partial charge in [0.05, 0.1) is 12.3 Å². The van der Waals surface area contributed by atoms with Gasteiger partial charge in [-0.05, 0) is 18.7 Å². The first kappa shape index (κ1) is 9.86. The molecule has 0 aliphatic carbocycles. The molecule has 2 aromatic rings. The molecule has 0 bridgehead atoms. The molecule has 4 heteroatoms. The molecule has 2 heterocycles. The average molecular weight is 203 g/mol. The Hall–Kier alpha value is -1.68. The molecule has 1 N–H and O–H groups in total. The first-order valence-electron chi connectivity index (χ1n) is 4.93. The van der Waals surface area contributed by atoms with Gasteiger partial charge in [0.2, 0.25) is 0 Å². The van der Waals surface area contributed by atoms with E-state index in [1.807, 2.05) is 12.1 Å². The SMILES string of the molecule is CCNC(c1cncnc1)c1ccco1. The van der Waals surface area contributed by atoms with Gasteiger partial charge in [-0.25, -0.2) is 9.97 Å². The summed E-state index contributed by atoms with van der Waals surface area (Å²) in [5, 5.41) is 3.33. The summed E-state index contributed by atoms with van der Waals surface area (Å²) in [6.45, 7) is 2.92. The van der Waals surface area contributed by atoms with E-state index in [1.54, 1.807) is 18.7 Å².